The average Bonchev–Trinajstić information content (AvgIpc) is 2.45. The van der Waals surface area contributed by atoms with Crippen molar-refractivity contribution < 1.29 is 0 Å². The second kappa shape index (κ2) is 2.21. The van der Waals surface area contributed by atoms with Crippen LogP contribution in [0.1, 0.15) is 22.9 Å². The number of nitrogens with two attached hydrogens (primary N) is 1. The fourth-order valence-corrected chi connectivity index (χ4v) is 2.33. The summed E-state index contributed by atoms with van der Waals surface area (Å²) in [5.74, 6) is 0.0554. The lowest BCUT2D eigenvalue weighted by molar-refractivity contribution is 0.825. The largest absolute Gasteiger partial charge is 0.375 e. The maximum Gasteiger partial charge on any atom is 0.180 e. The molecule has 0 bridgehead atoms. The van der Waals surface area contributed by atoms with Gasteiger partial charge in [0.15, 0.2) is 5.13 Å². The van der Waals surface area contributed by atoms with E-state index in [2.05, 4.69) is 11.1 Å². The highest BCUT2D eigenvalue weighted by molar-refractivity contribution is 7.15. The Kier molecular flexibility index (Phi) is 1.33. The van der Waals surface area contributed by atoms with Gasteiger partial charge < -0.3 is 5.73 Å². The molecule has 1 aromatic heterocycles. The van der Waals surface area contributed by atoms with Crippen LogP contribution in [0.5, 0.6) is 0 Å². The van der Waals surface area contributed by atoms with Crippen molar-refractivity contribution in [3.05, 3.63) is 10.6 Å². The zero-order valence-corrected chi connectivity index (χ0v) is 6.69. The first-order chi connectivity index (χ1) is 5.31. The van der Waals surface area contributed by atoms with Crippen LogP contribution in [0.25, 0.3) is 0 Å². The molecule has 1 heterocycles. The molecule has 1 atom stereocenters. The van der Waals surface area contributed by atoms with Gasteiger partial charge in [-0.25, -0.2) is 4.98 Å². The van der Waals surface area contributed by atoms with Gasteiger partial charge in [0, 0.05) is 4.88 Å². The molecule has 1 aliphatic carbocycles. The number of nitriles is 1. The van der Waals surface area contributed by atoms with Crippen LogP contribution in [0.15, 0.2) is 0 Å². The number of thiazole rings is 1. The van der Waals surface area contributed by atoms with E-state index in [1.807, 2.05) is 0 Å². The van der Waals surface area contributed by atoms with Gasteiger partial charge in [0.2, 0.25) is 0 Å². The summed E-state index contributed by atoms with van der Waals surface area (Å²) in [6.07, 6.45) is 1.84. The quantitative estimate of drug-likeness (QED) is 0.629. The third-order valence-electron chi connectivity index (χ3n) is 1.89. The normalized spacial score (nSPS) is 21.2. The molecule has 56 valence electrons. The molecule has 11 heavy (non-hydrogen) atoms. The second-order valence-electron chi connectivity index (χ2n) is 2.58. The minimum absolute atomic E-state index is 0.0554. The third-order valence-corrected chi connectivity index (χ3v) is 2.93. The van der Waals surface area contributed by atoms with Gasteiger partial charge in [0.25, 0.3) is 0 Å². The highest BCUT2D eigenvalue weighted by Gasteiger charge is 2.25. The van der Waals surface area contributed by atoms with Crippen molar-refractivity contribution in [2.75, 3.05) is 5.73 Å². The fourth-order valence-electron chi connectivity index (χ4n) is 1.37. The van der Waals surface area contributed by atoms with Crippen LogP contribution < -0.4 is 5.73 Å². The van der Waals surface area contributed by atoms with E-state index in [1.54, 1.807) is 0 Å². The van der Waals surface area contributed by atoms with Crippen molar-refractivity contribution in [1.82, 2.24) is 4.98 Å². The number of hydrogen-bond donors (Lipinski definition) is 1. The summed E-state index contributed by atoms with van der Waals surface area (Å²) in [7, 11) is 0. The van der Waals surface area contributed by atoms with E-state index in [1.165, 1.54) is 11.3 Å². The summed E-state index contributed by atoms with van der Waals surface area (Å²) < 4.78 is 0. The molecular formula is C7H7N3S. The third kappa shape index (κ3) is 0.889. The molecular weight excluding hydrogens is 158 g/mol. The maximum absolute atomic E-state index is 8.71. The zero-order valence-electron chi connectivity index (χ0n) is 5.87. The first kappa shape index (κ1) is 6.62. The highest BCUT2D eigenvalue weighted by Crippen LogP contribution is 2.37. The smallest absolute Gasteiger partial charge is 0.180 e. The van der Waals surface area contributed by atoms with E-state index >= 15 is 0 Å². The second-order valence-corrected chi connectivity index (χ2v) is 3.65. The van der Waals surface area contributed by atoms with E-state index in [-0.39, 0.29) is 5.92 Å². The van der Waals surface area contributed by atoms with Gasteiger partial charge in [-0.2, -0.15) is 5.26 Å². The number of aryl methyl sites for hydroxylation is 1. The van der Waals surface area contributed by atoms with Crippen LogP contribution in [0.3, 0.4) is 0 Å². The lowest BCUT2D eigenvalue weighted by atomic mass is 10.1. The number of rotatable bonds is 0. The minimum Gasteiger partial charge on any atom is -0.375 e. The summed E-state index contributed by atoms with van der Waals surface area (Å²) >= 11 is 1.45. The van der Waals surface area contributed by atoms with Crippen molar-refractivity contribution >= 4 is 16.5 Å². The van der Waals surface area contributed by atoms with Gasteiger partial charge >= 0.3 is 0 Å². The summed E-state index contributed by atoms with van der Waals surface area (Å²) in [6.45, 7) is 0. The van der Waals surface area contributed by atoms with Crippen molar-refractivity contribution in [3.63, 3.8) is 0 Å². The molecule has 0 amide bonds. The SMILES string of the molecule is N#CC1CCc2nc(N)sc21. The summed E-state index contributed by atoms with van der Waals surface area (Å²) in [5, 5.41) is 9.30. The first-order valence-electron chi connectivity index (χ1n) is 3.46. The molecule has 1 aromatic rings. The number of anilines is 1. The Morgan fingerprint density at radius 1 is 1.73 bits per heavy atom. The Morgan fingerprint density at radius 3 is 3.27 bits per heavy atom. The molecule has 3 nitrogen and oxygen atoms in total. The predicted octanol–water partition coefficient (Wildman–Crippen LogP) is 1.28. The van der Waals surface area contributed by atoms with E-state index in [4.69, 9.17) is 11.0 Å². The Balaban J connectivity index is 2.47. The number of nitrogens with zero attached hydrogens (tertiary/aromatic N) is 2. The molecule has 2 N–H and O–H groups in total. The summed E-state index contributed by atoms with van der Waals surface area (Å²) in [6, 6.07) is 2.25. The Bertz CT molecular complexity index is 323. The molecule has 0 spiro atoms. The Morgan fingerprint density at radius 2 is 2.55 bits per heavy atom. The molecule has 0 fully saturated rings. The van der Waals surface area contributed by atoms with Crippen LogP contribution in [0.2, 0.25) is 0 Å². The van der Waals surface area contributed by atoms with E-state index in [9.17, 15) is 0 Å². The van der Waals surface area contributed by atoms with Crippen molar-refractivity contribution in [2.24, 2.45) is 0 Å². The number of fused-ring (bicyclic) bond motifs is 1. The average molecular weight is 165 g/mol. The maximum atomic E-state index is 8.71. The van der Waals surface area contributed by atoms with Gasteiger partial charge in [-0.1, -0.05) is 0 Å². The van der Waals surface area contributed by atoms with Crippen molar-refractivity contribution in [3.8, 4) is 6.07 Å². The lowest BCUT2D eigenvalue weighted by Gasteiger charge is -1.92. The van der Waals surface area contributed by atoms with E-state index < -0.39 is 0 Å². The Labute approximate surface area is 68.5 Å². The summed E-state index contributed by atoms with van der Waals surface area (Å²) in [5.41, 5.74) is 6.54. The van der Waals surface area contributed by atoms with Crippen molar-refractivity contribution in [1.29, 1.82) is 5.26 Å². The molecule has 2 rings (SSSR count). The number of nitrogen functional groups attached to an aromatic ring is 1. The van der Waals surface area contributed by atoms with Gasteiger partial charge in [-0.15, -0.1) is 11.3 Å². The van der Waals surface area contributed by atoms with Crippen LogP contribution in [0.4, 0.5) is 5.13 Å². The molecule has 1 aliphatic rings. The van der Waals surface area contributed by atoms with Crippen LogP contribution in [-0.2, 0) is 6.42 Å². The standard InChI is InChI=1S/C7H7N3S/c8-3-4-1-2-5-6(4)11-7(9)10-5/h4H,1-2H2,(H2,9,10). The highest BCUT2D eigenvalue weighted by atomic mass is 32.1. The number of hydrogen-bond acceptors (Lipinski definition) is 4. The number of aromatic nitrogens is 1. The topological polar surface area (TPSA) is 62.7 Å². The molecule has 1 unspecified atom stereocenters. The molecule has 4 heteroatoms. The Hall–Kier alpha value is -1.08. The predicted molar refractivity (Wildman–Crippen MR) is 43.2 cm³/mol. The van der Waals surface area contributed by atoms with Gasteiger partial charge in [0.05, 0.1) is 17.7 Å². The van der Waals surface area contributed by atoms with Crippen molar-refractivity contribution in [2.45, 2.75) is 18.8 Å². The van der Waals surface area contributed by atoms with Gasteiger partial charge in [-0.05, 0) is 12.8 Å². The van der Waals surface area contributed by atoms with Crippen LogP contribution in [-0.4, -0.2) is 4.98 Å². The minimum atomic E-state index is 0.0554. The van der Waals surface area contributed by atoms with Gasteiger partial charge in [0.1, 0.15) is 0 Å². The van der Waals surface area contributed by atoms with Crippen LogP contribution >= 0.6 is 11.3 Å². The molecule has 0 saturated carbocycles. The summed E-state index contributed by atoms with van der Waals surface area (Å²) in [4.78, 5) is 5.22. The van der Waals surface area contributed by atoms with E-state index in [0.29, 0.717) is 5.13 Å². The monoisotopic (exact) mass is 165 g/mol. The van der Waals surface area contributed by atoms with Crippen LogP contribution in [0, 0.1) is 11.3 Å². The molecule has 0 radical (unpaired) electrons. The van der Waals surface area contributed by atoms with E-state index in [0.717, 1.165) is 23.4 Å². The zero-order chi connectivity index (χ0) is 7.84. The first-order valence-corrected chi connectivity index (χ1v) is 4.27. The fraction of sp³-hybridized carbons (Fsp3) is 0.429. The molecule has 0 aromatic carbocycles. The molecule has 0 saturated heterocycles. The van der Waals surface area contributed by atoms with Gasteiger partial charge in [-0.3, -0.25) is 0 Å². The lowest BCUT2D eigenvalue weighted by Crippen LogP contribution is -1.85. The molecule has 0 aliphatic heterocycles.